The van der Waals surface area contributed by atoms with Gasteiger partial charge in [-0.15, -0.1) is 0 Å². The van der Waals surface area contributed by atoms with Crippen LogP contribution in [0.2, 0.25) is 5.02 Å². The summed E-state index contributed by atoms with van der Waals surface area (Å²) in [5, 5.41) is 0.548. The molecule has 144 valence electrons. The molecule has 0 N–H and O–H groups in total. The molecule has 0 radical (unpaired) electrons. The molecule has 6 heteroatoms. The van der Waals surface area contributed by atoms with Crippen LogP contribution in [0.4, 0.5) is 0 Å². The van der Waals surface area contributed by atoms with Crippen LogP contribution in [0.15, 0.2) is 54.9 Å². The molecule has 1 spiro atoms. The summed E-state index contributed by atoms with van der Waals surface area (Å²) in [5.41, 5.74) is 2.48. The monoisotopic (exact) mass is 404 g/mol. The third-order valence-electron chi connectivity index (χ3n) is 5.63. The van der Waals surface area contributed by atoms with Crippen LogP contribution in [0.3, 0.4) is 0 Å². The fraction of sp³-hybridized carbons (Fsp3) is 0.217. The minimum absolute atomic E-state index is 0.0819. The Morgan fingerprint density at radius 2 is 1.66 bits per heavy atom. The van der Waals surface area contributed by atoms with Gasteiger partial charge in [-0.2, -0.15) is 0 Å². The number of carbonyl (C=O) groups excluding carboxylic acids is 2. The average Bonchev–Trinajstić information content (AvgIpc) is 3.02. The Bertz CT molecular complexity index is 1190. The molecule has 3 aromatic rings. The van der Waals surface area contributed by atoms with Gasteiger partial charge in [-0.25, -0.2) is 0 Å². The van der Waals surface area contributed by atoms with Crippen molar-refractivity contribution in [2.75, 3.05) is 0 Å². The molecule has 1 aliphatic carbocycles. The lowest BCUT2D eigenvalue weighted by atomic mass is 9.79. The number of benzene rings is 2. The van der Waals surface area contributed by atoms with Crippen LogP contribution in [0.1, 0.15) is 36.8 Å². The van der Waals surface area contributed by atoms with E-state index >= 15 is 0 Å². The second kappa shape index (κ2) is 6.78. The summed E-state index contributed by atoms with van der Waals surface area (Å²) in [6, 6.07) is 12.8. The first-order chi connectivity index (χ1) is 14.1. The molecule has 5 nitrogen and oxygen atoms in total. The number of rotatable bonds is 2. The molecule has 0 atom stereocenters. The first-order valence-electron chi connectivity index (χ1n) is 9.53. The third kappa shape index (κ3) is 3.02. The topological polar surface area (TPSA) is 69.2 Å². The number of fused-ring (bicyclic) bond motifs is 1. The number of hydrogen-bond acceptors (Lipinski definition) is 5. The maximum Gasteiger partial charge on any atom is 0.210 e. The summed E-state index contributed by atoms with van der Waals surface area (Å²) in [4.78, 5) is 34.0. The summed E-state index contributed by atoms with van der Waals surface area (Å²) in [6.45, 7) is 0. The fourth-order valence-electron chi connectivity index (χ4n) is 4.10. The Morgan fingerprint density at radius 1 is 0.897 bits per heavy atom. The quantitative estimate of drug-likeness (QED) is 0.622. The summed E-state index contributed by atoms with van der Waals surface area (Å²) >= 11 is 6.20. The van der Waals surface area contributed by atoms with E-state index in [4.69, 9.17) is 16.3 Å². The molecule has 1 aromatic heterocycles. The van der Waals surface area contributed by atoms with Crippen molar-refractivity contribution in [3.05, 3.63) is 71.0 Å². The first-order valence-corrected chi connectivity index (χ1v) is 9.90. The van der Waals surface area contributed by atoms with Crippen LogP contribution in [-0.2, 0) is 14.3 Å². The number of ether oxygens (including phenoxy) is 1. The SMILES string of the molecule is O=C1CCC2(CC1)OC(c1ccc3nccnc3c1)=C(c1cccc(Cl)c1)C2=O. The molecule has 1 saturated carbocycles. The third-order valence-corrected chi connectivity index (χ3v) is 5.86. The lowest BCUT2D eigenvalue weighted by Crippen LogP contribution is -2.41. The van der Waals surface area contributed by atoms with E-state index < -0.39 is 5.60 Å². The van der Waals surface area contributed by atoms with Crippen molar-refractivity contribution in [3.8, 4) is 0 Å². The molecule has 2 heterocycles. The lowest BCUT2D eigenvalue weighted by Gasteiger charge is -2.31. The Balaban J connectivity index is 1.68. The van der Waals surface area contributed by atoms with Gasteiger partial charge in [0.2, 0.25) is 5.78 Å². The van der Waals surface area contributed by atoms with Gasteiger partial charge < -0.3 is 4.74 Å². The van der Waals surface area contributed by atoms with Crippen LogP contribution in [0.5, 0.6) is 0 Å². The highest BCUT2D eigenvalue weighted by atomic mass is 35.5. The Labute approximate surface area is 172 Å². The molecule has 0 saturated heterocycles. The minimum atomic E-state index is -0.988. The smallest absolute Gasteiger partial charge is 0.210 e. The molecule has 0 amide bonds. The second-order valence-corrected chi connectivity index (χ2v) is 7.87. The molecule has 2 aromatic carbocycles. The van der Waals surface area contributed by atoms with Crippen molar-refractivity contribution in [3.63, 3.8) is 0 Å². The standard InChI is InChI=1S/C23H17ClN2O3/c24-16-3-1-2-14(12-16)20-21(15-4-5-18-19(13-15)26-11-10-25-18)29-23(22(20)28)8-6-17(27)7-9-23/h1-5,10-13H,6-9H2. The highest BCUT2D eigenvalue weighted by Gasteiger charge is 2.51. The zero-order valence-corrected chi connectivity index (χ0v) is 16.3. The zero-order valence-electron chi connectivity index (χ0n) is 15.5. The molecular formula is C23H17ClN2O3. The molecule has 1 aliphatic heterocycles. The van der Waals surface area contributed by atoms with Gasteiger partial charge in [0.1, 0.15) is 11.5 Å². The maximum absolute atomic E-state index is 13.6. The van der Waals surface area contributed by atoms with Crippen LogP contribution < -0.4 is 0 Å². The minimum Gasteiger partial charge on any atom is -0.478 e. The van der Waals surface area contributed by atoms with Gasteiger partial charge in [0.05, 0.1) is 16.6 Å². The van der Waals surface area contributed by atoms with Gasteiger partial charge in [-0.05, 0) is 35.9 Å². The molecule has 0 bridgehead atoms. The number of ketones is 2. The van der Waals surface area contributed by atoms with Crippen LogP contribution in [0.25, 0.3) is 22.4 Å². The second-order valence-electron chi connectivity index (χ2n) is 7.44. The predicted molar refractivity (Wildman–Crippen MR) is 110 cm³/mol. The molecule has 0 unspecified atom stereocenters. The highest BCUT2D eigenvalue weighted by Crippen LogP contribution is 2.47. The van der Waals surface area contributed by atoms with E-state index in [1.807, 2.05) is 30.3 Å². The first kappa shape index (κ1) is 18.0. The van der Waals surface area contributed by atoms with Crippen molar-refractivity contribution in [1.82, 2.24) is 9.97 Å². The Hall–Kier alpha value is -3.05. The summed E-state index contributed by atoms with van der Waals surface area (Å²) in [5.74, 6) is 0.603. The molecular weight excluding hydrogens is 388 g/mol. The van der Waals surface area contributed by atoms with E-state index in [1.165, 1.54) is 0 Å². The van der Waals surface area contributed by atoms with Crippen LogP contribution >= 0.6 is 11.6 Å². The maximum atomic E-state index is 13.6. The van der Waals surface area contributed by atoms with Gasteiger partial charge in [-0.3, -0.25) is 19.6 Å². The van der Waals surface area contributed by atoms with E-state index in [9.17, 15) is 9.59 Å². The summed E-state index contributed by atoms with van der Waals surface area (Å²) < 4.78 is 6.38. The van der Waals surface area contributed by atoms with E-state index in [0.717, 1.165) is 16.6 Å². The van der Waals surface area contributed by atoms with Gasteiger partial charge in [0.25, 0.3) is 0 Å². The van der Waals surface area contributed by atoms with Crippen LogP contribution in [-0.4, -0.2) is 27.1 Å². The van der Waals surface area contributed by atoms with Crippen molar-refractivity contribution >= 4 is 45.5 Å². The highest BCUT2D eigenvalue weighted by molar-refractivity contribution is 6.34. The van der Waals surface area contributed by atoms with Gasteiger partial charge in [-0.1, -0.05) is 23.7 Å². The molecule has 5 rings (SSSR count). The van der Waals surface area contributed by atoms with Gasteiger partial charge >= 0.3 is 0 Å². The number of halogens is 1. The van der Waals surface area contributed by atoms with E-state index in [2.05, 4.69) is 9.97 Å². The summed E-state index contributed by atoms with van der Waals surface area (Å²) in [6.07, 6.45) is 4.77. The van der Waals surface area contributed by atoms with Crippen molar-refractivity contribution in [2.24, 2.45) is 0 Å². The number of aromatic nitrogens is 2. The summed E-state index contributed by atoms with van der Waals surface area (Å²) in [7, 11) is 0. The number of hydrogen-bond donors (Lipinski definition) is 0. The molecule has 29 heavy (non-hydrogen) atoms. The van der Waals surface area contributed by atoms with Crippen molar-refractivity contribution in [2.45, 2.75) is 31.3 Å². The van der Waals surface area contributed by atoms with Crippen molar-refractivity contribution in [1.29, 1.82) is 0 Å². The average molecular weight is 405 g/mol. The predicted octanol–water partition coefficient (Wildman–Crippen LogP) is 4.63. The van der Waals surface area contributed by atoms with Crippen LogP contribution in [0, 0.1) is 0 Å². The van der Waals surface area contributed by atoms with Gasteiger partial charge in [0.15, 0.2) is 5.60 Å². The van der Waals surface area contributed by atoms with Gasteiger partial charge in [0, 0.05) is 48.7 Å². The van der Waals surface area contributed by atoms with Crippen molar-refractivity contribution < 1.29 is 14.3 Å². The van der Waals surface area contributed by atoms with E-state index in [1.54, 1.807) is 24.5 Å². The molecule has 2 aliphatic rings. The lowest BCUT2D eigenvalue weighted by molar-refractivity contribution is -0.135. The van der Waals surface area contributed by atoms with E-state index in [0.29, 0.717) is 47.6 Å². The van der Waals surface area contributed by atoms with E-state index in [-0.39, 0.29) is 11.6 Å². The number of carbonyl (C=O) groups is 2. The Morgan fingerprint density at radius 3 is 2.41 bits per heavy atom. The normalized spacial score (nSPS) is 18.5. The Kier molecular flexibility index (Phi) is 4.21. The largest absolute Gasteiger partial charge is 0.478 e. The number of nitrogens with zero attached hydrogens (tertiary/aromatic N) is 2. The zero-order chi connectivity index (χ0) is 20.0. The molecule has 1 fully saturated rings. The fourth-order valence-corrected chi connectivity index (χ4v) is 4.29. The number of Topliss-reactive ketones (excluding diaryl/α,β-unsaturated/α-hetero) is 2.